The molecule has 0 bridgehead atoms. The molecule has 0 saturated heterocycles. The largest absolute Gasteiger partial charge is 0.480 e. The molecule has 1 aromatic heterocycles. The molecule has 8 nitrogen and oxygen atoms in total. The SMILES string of the molecule is CC(C)[C@H](NC(=O)[C@@H](N)Cc1c[nH]c2ccccc12)C(=O)N[C@@H](C)C(=O)O. The minimum Gasteiger partial charge on any atom is -0.480 e. The zero-order valence-electron chi connectivity index (χ0n) is 15.7. The van der Waals surface area contributed by atoms with Crippen molar-refractivity contribution < 1.29 is 19.5 Å². The topological polar surface area (TPSA) is 137 Å². The third-order valence-electron chi connectivity index (χ3n) is 4.43. The highest BCUT2D eigenvalue weighted by Gasteiger charge is 2.28. The van der Waals surface area contributed by atoms with Crippen LogP contribution in [0.3, 0.4) is 0 Å². The molecule has 0 unspecified atom stereocenters. The Morgan fingerprint density at radius 2 is 1.78 bits per heavy atom. The van der Waals surface area contributed by atoms with Crippen LogP contribution in [0.4, 0.5) is 0 Å². The zero-order valence-corrected chi connectivity index (χ0v) is 15.7. The molecule has 3 atom stereocenters. The molecular formula is C19H26N4O4. The Balaban J connectivity index is 2.03. The Kier molecular flexibility index (Phi) is 6.57. The fourth-order valence-corrected chi connectivity index (χ4v) is 2.79. The van der Waals surface area contributed by atoms with Gasteiger partial charge in [0.05, 0.1) is 6.04 Å². The van der Waals surface area contributed by atoms with Gasteiger partial charge in [0.15, 0.2) is 0 Å². The van der Waals surface area contributed by atoms with Gasteiger partial charge in [-0.2, -0.15) is 0 Å². The predicted molar refractivity (Wildman–Crippen MR) is 102 cm³/mol. The number of carbonyl (C=O) groups excluding carboxylic acids is 2. The van der Waals surface area contributed by atoms with Crippen LogP contribution in [0.1, 0.15) is 26.3 Å². The molecule has 0 saturated carbocycles. The Labute approximate surface area is 157 Å². The third kappa shape index (κ3) is 5.07. The van der Waals surface area contributed by atoms with Gasteiger partial charge in [0.1, 0.15) is 12.1 Å². The molecule has 1 aromatic carbocycles. The predicted octanol–water partition coefficient (Wildman–Crippen LogP) is 0.768. The van der Waals surface area contributed by atoms with Crippen LogP contribution >= 0.6 is 0 Å². The average molecular weight is 374 g/mol. The summed E-state index contributed by atoms with van der Waals surface area (Å²) in [6.07, 6.45) is 2.13. The van der Waals surface area contributed by atoms with Crippen molar-refractivity contribution >= 4 is 28.7 Å². The van der Waals surface area contributed by atoms with E-state index in [1.165, 1.54) is 6.92 Å². The number of carbonyl (C=O) groups is 3. The molecule has 0 radical (unpaired) electrons. The number of carboxylic acids is 1. The molecule has 0 aliphatic carbocycles. The highest BCUT2D eigenvalue weighted by molar-refractivity contribution is 5.92. The van der Waals surface area contributed by atoms with Crippen molar-refractivity contribution in [2.75, 3.05) is 0 Å². The van der Waals surface area contributed by atoms with Crippen molar-refractivity contribution in [3.8, 4) is 0 Å². The van der Waals surface area contributed by atoms with Crippen LogP contribution in [0.2, 0.25) is 0 Å². The van der Waals surface area contributed by atoms with Gasteiger partial charge in [-0.25, -0.2) is 0 Å². The lowest BCUT2D eigenvalue weighted by Gasteiger charge is -2.24. The Bertz CT molecular complexity index is 830. The number of carboxylic acid groups (broad SMARTS) is 1. The molecule has 0 fully saturated rings. The smallest absolute Gasteiger partial charge is 0.325 e. The Morgan fingerprint density at radius 1 is 1.11 bits per heavy atom. The molecule has 2 aromatic rings. The number of rotatable bonds is 8. The number of fused-ring (bicyclic) bond motifs is 1. The summed E-state index contributed by atoms with van der Waals surface area (Å²) in [7, 11) is 0. The molecule has 6 N–H and O–H groups in total. The molecule has 0 spiro atoms. The first kappa shape index (κ1) is 20.4. The molecule has 146 valence electrons. The minimum atomic E-state index is -1.15. The van der Waals surface area contributed by atoms with Crippen molar-refractivity contribution in [3.05, 3.63) is 36.0 Å². The van der Waals surface area contributed by atoms with E-state index in [0.717, 1.165) is 16.5 Å². The van der Waals surface area contributed by atoms with E-state index in [2.05, 4.69) is 15.6 Å². The van der Waals surface area contributed by atoms with Gasteiger partial charge in [0.25, 0.3) is 0 Å². The summed E-state index contributed by atoms with van der Waals surface area (Å²) >= 11 is 0. The first-order valence-corrected chi connectivity index (χ1v) is 8.84. The second kappa shape index (κ2) is 8.68. The Morgan fingerprint density at radius 3 is 2.41 bits per heavy atom. The Hall–Kier alpha value is -2.87. The maximum Gasteiger partial charge on any atom is 0.325 e. The van der Waals surface area contributed by atoms with Gasteiger partial charge in [0, 0.05) is 17.1 Å². The number of hydrogen-bond acceptors (Lipinski definition) is 4. The van der Waals surface area contributed by atoms with Crippen LogP contribution in [0.5, 0.6) is 0 Å². The highest BCUT2D eigenvalue weighted by Crippen LogP contribution is 2.18. The molecule has 2 amide bonds. The fourth-order valence-electron chi connectivity index (χ4n) is 2.79. The molecule has 8 heteroatoms. The number of aromatic nitrogens is 1. The number of aliphatic carboxylic acids is 1. The first-order valence-electron chi connectivity index (χ1n) is 8.84. The fraction of sp³-hybridized carbons (Fsp3) is 0.421. The van der Waals surface area contributed by atoms with Crippen LogP contribution < -0.4 is 16.4 Å². The molecule has 27 heavy (non-hydrogen) atoms. The lowest BCUT2D eigenvalue weighted by Crippen LogP contribution is -2.56. The summed E-state index contributed by atoms with van der Waals surface area (Å²) in [5.41, 5.74) is 7.92. The lowest BCUT2D eigenvalue weighted by atomic mass is 10.0. The number of nitrogens with two attached hydrogens (primary N) is 1. The summed E-state index contributed by atoms with van der Waals surface area (Å²) in [6, 6.07) is 4.96. The quantitative estimate of drug-likeness (QED) is 0.465. The normalized spacial score (nSPS) is 14.6. The van der Waals surface area contributed by atoms with E-state index in [-0.39, 0.29) is 5.92 Å². The van der Waals surface area contributed by atoms with Gasteiger partial charge in [-0.15, -0.1) is 0 Å². The van der Waals surface area contributed by atoms with Crippen molar-refractivity contribution in [2.45, 2.75) is 45.3 Å². The van der Waals surface area contributed by atoms with Crippen molar-refractivity contribution in [3.63, 3.8) is 0 Å². The number of nitrogens with one attached hydrogen (secondary N) is 3. The first-order chi connectivity index (χ1) is 12.7. The van der Waals surface area contributed by atoms with E-state index in [1.807, 2.05) is 30.5 Å². The van der Waals surface area contributed by atoms with E-state index < -0.39 is 35.9 Å². The molecule has 2 rings (SSSR count). The maximum atomic E-state index is 12.5. The summed E-state index contributed by atoms with van der Waals surface area (Å²) < 4.78 is 0. The molecule has 0 aliphatic rings. The van der Waals surface area contributed by atoms with Crippen molar-refractivity contribution in [2.24, 2.45) is 11.7 Å². The number of benzene rings is 1. The number of amides is 2. The minimum absolute atomic E-state index is 0.227. The van der Waals surface area contributed by atoms with Crippen molar-refractivity contribution in [1.29, 1.82) is 0 Å². The van der Waals surface area contributed by atoms with Gasteiger partial charge in [0.2, 0.25) is 11.8 Å². The maximum absolute atomic E-state index is 12.5. The summed E-state index contributed by atoms with van der Waals surface area (Å²) in [4.78, 5) is 38.9. The second-order valence-electron chi connectivity index (χ2n) is 6.97. The van der Waals surface area contributed by atoms with Crippen LogP contribution in [-0.4, -0.2) is 46.0 Å². The number of H-pyrrole nitrogens is 1. The molecule has 1 heterocycles. The third-order valence-corrected chi connectivity index (χ3v) is 4.43. The lowest BCUT2D eigenvalue weighted by molar-refractivity contribution is -0.142. The summed E-state index contributed by atoms with van der Waals surface area (Å²) in [5, 5.41) is 14.9. The molecular weight excluding hydrogens is 348 g/mol. The van der Waals surface area contributed by atoms with Gasteiger partial charge >= 0.3 is 5.97 Å². The summed E-state index contributed by atoms with van der Waals surface area (Å²) in [5.74, 6) is -2.38. The molecule has 0 aliphatic heterocycles. The van der Waals surface area contributed by atoms with Crippen molar-refractivity contribution in [1.82, 2.24) is 15.6 Å². The van der Waals surface area contributed by atoms with E-state index in [0.29, 0.717) is 6.42 Å². The van der Waals surface area contributed by atoms with Gasteiger partial charge in [-0.05, 0) is 30.9 Å². The second-order valence-corrected chi connectivity index (χ2v) is 6.97. The highest BCUT2D eigenvalue weighted by atomic mass is 16.4. The zero-order chi connectivity index (χ0) is 20.1. The monoisotopic (exact) mass is 374 g/mol. The number of para-hydroxylation sites is 1. The van der Waals surface area contributed by atoms with Crippen LogP contribution in [0, 0.1) is 5.92 Å². The number of aromatic amines is 1. The van der Waals surface area contributed by atoms with E-state index >= 15 is 0 Å². The van der Waals surface area contributed by atoms with Crippen LogP contribution in [0.15, 0.2) is 30.5 Å². The standard InChI is InChI=1S/C19H26N4O4/c1-10(2)16(18(25)22-11(3)19(26)27)23-17(24)14(20)8-12-9-21-15-7-5-4-6-13(12)15/h4-7,9-11,14,16,21H,8,20H2,1-3H3,(H,22,25)(H,23,24)(H,26,27)/t11-,14-,16-/m0/s1. The van der Waals surface area contributed by atoms with E-state index in [9.17, 15) is 14.4 Å². The van der Waals surface area contributed by atoms with E-state index in [4.69, 9.17) is 10.8 Å². The van der Waals surface area contributed by atoms with Crippen LogP contribution in [0.25, 0.3) is 10.9 Å². The average Bonchev–Trinajstić information content (AvgIpc) is 3.01. The van der Waals surface area contributed by atoms with Gasteiger partial charge < -0.3 is 26.5 Å². The number of hydrogen-bond donors (Lipinski definition) is 5. The van der Waals surface area contributed by atoms with Crippen LogP contribution in [-0.2, 0) is 20.8 Å². The van der Waals surface area contributed by atoms with Gasteiger partial charge in [-0.1, -0.05) is 32.0 Å². The summed E-state index contributed by atoms with van der Waals surface area (Å²) in [6.45, 7) is 4.89. The van der Waals surface area contributed by atoms with Gasteiger partial charge in [-0.3, -0.25) is 14.4 Å². The van der Waals surface area contributed by atoms with E-state index in [1.54, 1.807) is 13.8 Å².